The highest BCUT2D eigenvalue weighted by atomic mass is 32.1. The van der Waals surface area contributed by atoms with Crippen molar-refractivity contribution in [3.8, 4) is 0 Å². The van der Waals surface area contributed by atoms with Gasteiger partial charge < -0.3 is 15.0 Å². The molecule has 1 amide bonds. The summed E-state index contributed by atoms with van der Waals surface area (Å²) in [6.45, 7) is 7.19. The Labute approximate surface area is 153 Å². The number of carbonyl (C=O) groups excluding carboxylic acids is 1. The van der Waals surface area contributed by atoms with Crippen LogP contribution in [0, 0.1) is 13.8 Å². The van der Waals surface area contributed by atoms with E-state index in [-0.39, 0.29) is 12.0 Å². The molecule has 0 bridgehead atoms. The van der Waals surface area contributed by atoms with Crippen molar-refractivity contribution < 1.29 is 14.4 Å². The van der Waals surface area contributed by atoms with Crippen LogP contribution in [0.4, 0.5) is 5.69 Å². The fraction of sp³-hybridized carbons (Fsp3) is 0.450. The first kappa shape index (κ1) is 18.1. The average molecular weight is 360 g/mol. The van der Waals surface area contributed by atoms with Crippen molar-refractivity contribution in [2.45, 2.75) is 39.3 Å². The molecule has 0 aliphatic carbocycles. The van der Waals surface area contributed by atoms with Crippen LogP contribution in [0.15, 0.2) is 35.7 Å². The highest BCUT2D eigenvalue weighted by molar-refractivity contribution is 7.09. The minimum atomic E-state index is 0.0678. The van der Waals surface area contributed by atoms with Gasteiger partial charge in [0, 0.05) is 12.3 Å². The highest BCUT2D eigenvalue weighted by Crippen LogP contribution is 2.17. The Morgan fingerprint density at radius 3 is 2.92 bits per heavy atom. The van der Waals surface area contributed by atoms with Gasteiger partial charge in [-0.25, -0.2) is 0 Å². The van der Waals surface area contributed by atoms with Crippen molar-refractivity contribution in [1.29, 1.82) is 0 Å². The van der Waals surface area contributed by atoms with E-state index in [2.05, 4.69) is 35.8 Å². The van der Waals surface area contributed by atoms with Crippen LogP contribution in [0.3, 0.4) is 0 Å². The van der Waals surface area contributed by atoms with Crippen LogP contribution in [0.1, 0.15) is 28.8 Å². The average Bonchev–Trinajstić information content (AvgIpc) is 3.26. The van der Waals surface area contributed by atoms with Crippen LogP contribution in [-0.4, -0.2) is 31.7 Å². The normalized spacial score (nSPS) is 18.2. The van der Waals surface area contributed by atoms with E-state index < -0.39 is 0 Å². The third-order valence-corrected chi connectivity index (χ3v) is 5.71. The van der Waals surface area contributed by atoms with Crippen molar-refractivity contribution in [2.75, 3.05) is 25.0 Å². The number of thiophene rings is 1. The van der Waals surface area contributed by atoms with E-state index in [1.165, 1.54) is 15.3 Å². The largest absolute Gasteiger partial charge is 0.372 e. The van der Waals surface area contributed by atoms with Gasteiger partial charge in [0.15, 0.2) is 6.54 Å². The maximum absolute atomic E-state index is 12.6. The standard InChI is InChI=1S/C20H26N2O2S/c1-15-6-3-9-19(16(15)2)21-20(23)14-22(12-17-7-4-10-24-17)13-18-8-5-11-25-18/h3,5-6,8-9,11,17H,4,7,10,12-14H2,1-2H3,(H,21,23)/p+1/t17-/m0/s1. The summed E-state index contributed by atoms with van der Waals surface area (Å²) in [5.74, 6) is 0.0678. The molecule has 0 saturated carbocycles. The van der Waals surface area contributed by atoms with Gasteiger partial charge in [-0.05, 0) is 55.3 Å². The summed E-state index contributed by atoms with van der Waals surface area (Å²) < 4.78 is 5.79. The summed E-state index contributed by atoms with van der Waals surface area (Å²) in [6, 6.07) is 10.2. The van der Waals surface area contributed by atoms with Crippen molar-refractivity contribution >= 4 is 22.9 Å². The van der Waals surface area contributed by atoms with Crippen LogP contribution in [0.2, 0.25) is 0 Å². The summed E-state index contributed by atoms with van der Waals surface area (Å²) in [6.07, 6.45) is 2.52. The lowest BCUT2D eigenvalue weighted by atomic mass is 10.1. The van der Waals surface area contributed by atoms with Gasteiger partial charge in [0.2, 0.25) is 0 Å². The van der Waals surface area contributed by atoms with E-state index in [0.29, 0.717) is 6.54 Å². The number of hydrogen-bond acceptors (Lipinski definition) is 3. The Kier molecular flexibility index (Phi) is 6.24. The lowest BCUT2D eigenvalue weighted by Crippen LogP contribution is -3.12. The van der Waals surface area contributed by atoms with E-state index >= 15 is 0 Å². The maximum Gasteiger partial charge on any atom is 0.279 e. The van der Waals surface area contributed by atoms with Crippen LogP contribution in [-0.2, 0) is 16.1 Å². The van der Waals surface area contributed by atoms with E-state index in [1.54, 1.807) is 11.3 Å². The summed E-state index contributed by atoms with van der Waals surface area (Å²) in [5.41, 5.74) is 3.24. The Morgan fingerprint density at radius 1 is 1.32 bits per heavy atom. The summed E-state index contributed by atoms with van der Waals surface area (Å²) in [7, 11) is 0. The maximum atomic E-state index is 12.6. The molecule has 0 spiro atoms. The summed E-state index contributed by atoms with van der Waals surface area (Å²) in [5, 5.41) is 5.18. The monoisotopic (exact) mass is 359 g/mol. The molecule has 2 atom stereocenters. The lowest BCUT2D eigenvalue weighted by Gasteiger charge is -2.22. The van der Waals surface area contributed by atoms with Crippen LogP contribution >= 0.6 is 11.3 Å². The third-order valence-electron chi connectivity index (χ3n) is 4.83. The number of carbonyl (C=O) groups is 1. The molecule has 1 saturated heterocycles. The zero-order chi connectivity index (χ0) is 17.6. The minimum absolute atomic E-state index is 0.0678. The predicted octanol–water partition coefficient (Wildman–Crippen LogP) is 2.57. The third kappa shape index (κ3) is 5.14. The molecule has 1 fully saturated rings. The number of ether oxygens (including phenoxy) is 1. The smallest absolute Gasteiger partial charge is 0.279 e. The van der Waals surface area contributed by atoms with Gasteiger partial charge in [-0.3, -0.25) is 4.79 Å². The van der Waals surface area contributed by atoms with Gasteiger partial charge in [0.1, 0.15) is 19.2 Å². The zero-order valence-electron chi connectivity index (χ0n) is 15.0. The minimum Gasteiger partial charge on any atom is -0.372 e. The molecule has 2 N–H and O–H groups in total. The van der Waals surface area contributed by atoms with E-state index in [4.69, 9.17) is 4.74 Å². The second-order valence-corrected chi connectivity index (χ2v) is 7.85. The number of anilines is 1. The summed E-state index contributed by atoms with van der Waals surface area (Å²) in [4.78, 5) is 15.2. The van der Waals surface area contributed by atoms with Gasteiger partial charge in [-0.2, -0.15) is 0 Å². The number of rotatable bonds is 7. The van der Waals surface area contributed by atoms with Crippen molar-refractivity contribution in [2.24, 2.45) is 0 Å². The first-order valence-electron chi connectivity index (χ1n) is 8.95. The quantitative estimate of drug-likeness (QED) is 0.798. The topological polar surface area (TPSA) is 42.8 Å². The summed E-state index contributed by atoms with van der Waals surface area (Å²) >= 11 is 1.75. The first-order chi connectivity index (χ1) is 12.1. The molecule has 134 valence electrons. The molecule has 1 aromatic heterocycles. The SMILES string of the molecule is Cc1cccc(NC(=O)C[NH+](Cc2cccs2)C[C@@H]2CCCO2)c1C. The van der Waals surface area contributed by atoms with E-state index in [9.17, 15) is 4.79 Å². The Balaban J connectivity index is 1.63. The fourth-order valence-corrected chi connectivity index (χ4v) is 4.08. The van der Waals surface area contributed by atoms with E-state index in [1.807, 2.05) is 19.1 Å². The molecule has 5 heteroatoms. The molecule has 2 aromatic rings. The molecule has 1 aromatic carbocycles. The lowest BCUT2D eigenvalue weighted by molar-refractivity contribution is -0.908. The number of nitrogens with one attached hydrogen (secondary N) is 2. The molecule has 4 nitrogen and oxygen atoms in total. The molecule has 1 aliphatic heterocycles. The van der Waals surface area contributed by atoms with Gasteiger partial charge in [0.25, 0.3) is 5.91 Å². The van der Waals surface area contributed by atoms with Crippen molar-refractivity contribution in [3.63, 3.8) is 0 Å². The molecule has 0 radical (unpaired) electrons. The predicted molar refractivity (Wildman–Crippen MR) is 102 cm³/mol. The van der Waals surface area contributed by atoms with Crippen LogP contribution in [0.25, 0.3) is 0 Å². The number of aryl methyl sites for hydroxylation is 1. The Morgan fingerprint density at radius 2 is 2.20 bits per heavy atom. The number of benzene rings is 1. The molecule has 25 heavy (non-hydrogen) atoms. The highest BCUT2D eigenvalue weighted by Gasteiger charge is 2.24. The second-order valence-electron chi connectivity index (χ2n) is 6.82. The van der Waals surface area contributed by atoms with Crippen molar-refractivity contribution in [3.05, 3.63) is 51.7 Å². The first-order valence-corrected chi connectivity index (χ1v) is 9.83. The van der Waals surface area contributed by atoms with Crippen molar-refractivity contribution in [1.82, 2.24) is 0 Å². The number of quaternary nitrogens is 1. The second kappa shape index (κ2) is 8.61. The Hall–Kier alpha value is -1.69. The Bertz CT molecular complexity index is 694. The van der Waals surface area contributed by atoms with Gasteiger partial charge >= 0.3 is 0 Å². The van der Waals surface area contributed by atoms with Gasteiger partial charge in [-0.15, -0.1) is 11.3 Å². The van der Waals surface area contributed by atoms with E-state index in [0.717, 1.165) is 43.8 Å². The molecule has 1 unspecified atom stereocenters. The fourth-order valence-electron chi connectivity index (χ4n) is 3.30. The number of hydrogen-bond donors (Lipinski definition) is 2. The molecule has 2 heterocycles. The van der Waals surface area contributed by atoms with Crippen LogP contribution in [0.5, 0.6) is 0 Å². The molecule has 1 aliphatic rings. The zero-order valence-corrected chi connectivity index (χ0v) is 15.8. The van der Waals surface area contributed by atoms with Gasteiger partial charge in [-0.1, -0.05) is 18.2 Å². The molecular weight excluding hydrogens is 332 g/mol. The molecular formula is C20H27N2O2S+. The molecule has 3 rings (SSSR count). The number of amides is 1. The van der Waals surface area contributed by atoms with Crippen LogP contribution < -0.4 is 10.2 Å². The van der Waals surface area contributed by atoms with Gasteiger partial charge in [0.05, 0.1) is 4.88 Å².